The Balaban J connectivity index is 0.000000287. The summed E-state index contributed by atoms with van der Waals surface area (Å²) in [5.74, 6) is 0.430. The molecule has 1 aromatic carbocycles. The zero-order valence-corrected chi connectivity index (χ0v) is 25.0. The van der Waals surface area contributed by atoms with Crippen molar-refractivity contribution in [2.75, 3.05) is 74.1 Å². The first-order valence-electron chi connectivity index (χ1n) is 14.6. The van der Waals surface area contributed by atoms with Gasteiger partial charge in [0.2, 0.25) is 5.95 Å². The van der Waals surface area contributed by atoms with Crippen molar-refractivity contribution < 1.29 is 29.0 Å². The number of aliphatic carboxylic acids is 1. The molecule has 2 aliphatic heterocycles. The molecule has 2 aromatic rings. The Bertz CT molecular complexity index is 1150. The van der Waals surface area contributed by atoms with Crippen molar-refractivity contribution in [3.63, 3.8) is 0 Å². The van der Waals surface area contributed by atoms with Crippen molar-refractivity contribution in [1.29, 1.82) is 0 Å². The fourth-order valence-corrected chi connectivity index (χ4v) is 4.48. The van der Waals surface area contributed by atoms with Crippen LogP contribution in [0.4, 0.5) is 27.0 Å². The number of hydrogen-bond donors (Lipinski definition) is 2. The van der Waals surface area contributed by atoms with Gasteiger partial charge in [-0.25, -0.2) is 14.6 Å². The van der Waals surface area contributed by atoms with E-state index >= 15 is 0 Å². The monoisotopic (exact) mass is 585 g/mol. The van der Waals surface area contributed by atoms with Gasteiger partial charge in [0, 0.05) is 45.8 Å². The molecule has 1 atom stereocenters. The third-order valence-corrected chi connectivity index (χ3v) is 6.96. The van der Waals surface area contributed by atoms with Crippen LogP contribution < -0.4 is 19.9 Å². The van der Waals surface area contributed by atoms with E-state index in [1.807, 2.05) is 43.9 Å². The van der Waals surface area contributed by atoms with Crippen LogP contribution in [0.5, 0.6) is 5.75 Å². The molecule has 0 aliphatic carbocycles. The Hall–Kier alpha value is -4.13. The molecule has 3 heterocycles. The Morgan fingerprint density at radius 2 is 1.64 bits per heavy atom. The lowest BCUT2D eigenvalue weighted by Crippen LogP contribution is -2.48. The van der Waals surface area contributed by atoms with Gasteiger partial charge in [-0.15, -0.1) is 0 Å². The molecule has 0 radical (unpaired) electrons. The highest BCUT2D eigenvalue weighted by Crippen LogP contribution is 2.27. The van der Waals surface area contributed by atoms with E-state index in [1.54, 1.807) is 33.0 Å². The second-order valence-corrected chi connectivity index (χ2v) is 9.78. The minimum absolute atomic E-state index is 0.170. The van der Waals surface area contributed by atoms with Crippen LogP contribution in [0.15, 0.2) is 36.5 Å². The number of likely N-dealkylation sites (tertiary alicyclic amines) is 1. The van der Waals surface area contributed by atoms with Crippen molar-refractivity contribution >= 4 is 35.5 Å². The molecule has 2 aliphatic rings. The molecule has 0 bridgehead atoms. The summed E-state index contributed by atoms with van der Waals surface area (Å²) < 4.78 is 10.5. The van der Waals surface area contributed by atoms with E-state index in [-0.39, 0.29) is 12.1 Å². The molecule has 4 rings (SSSR count). The van der Waals surface area contributed by atoms with Gasteiger partial charge in [0.05, 0.1) is 19.4 Å². The number of anilines is 3. The van der Waals surface area contributed by atoms with E-state index in [1.165, 1.54) is 6.92 Å². The number of carboxylic acids is 1. The van der Waals surface area contributed by atoms with Crippen molar-refractivity contribution in [2.24, 2.45) is 0 Å². The maximum absolute atomic E-state index is 13.0. The summed E-state index contributed by atoms with van der Waals surface area (Å²) in [4.78, 5) is 51.8. The lowest BCUT2D eigenvalue weighted by Gasteiger charge is -2.33. The number of aromatic nitrogens is 2. The van der Waals surface area contributed by atoms with Crippen LogP contribution in [-0.4, -0.2) is 108 Å². The van der Waals surface area contributed by atoms with Crippen LogP contribution in [0.2, 0.25) is 0 Å². The van der Waals surface area contributed by atoms with E-state index in [0.29, 0.717) is 69.1 Å². The zero-order valence-electron chi connectivity index (χ0n) is 25.0. The number of nitrogens with zero attached hydrogens (tertiary/aromatic N) is 6. The number of nitrogens with one attached hydrogen (secondary N) is 1. The summed E-state index contributed by atoms with van der Waals surface area (Å²) in [6, 6.07) is 8.14. The summed E-state index contributed by atoms with van der Waals surface area (Å²) in [7, 11) is 0. The van der Waals surface area contributed by atoms with Gasteiger partial charge < -0.3 is 34.6 Å². The number of rotatable bonds is 9. The molecule has 3 amide bonds. The molecule has 230 valence electrons. The highest BCUT2D eigenvalue weighted by molar-refractivity contribution is 5.95. The zero-order chi connectivity index (χ0) is 30.5. The quantitative estimate of drug-likeness (QED) is 0.447. The first-order valence-corrected chi connectivity index (χ1v) is 14.6. The van der Waals surface area contributed by atoms with Gasteiger partial charge >= 0.3 is 18.1 Å². The minimum atomic E-state index is -1.00. The molecule has 13 heteroatoms. The molecule has 2 N–H and O–H groups in total. The molecule has 13 nitrogen and oxygen atoms in total. The van der Waals surface area contributed by atoms with Crippen LogP contribution in [-0.2, 0) is 9.53 Å². The van der Waals surface area contributed by atoms with Crippen LogP contribution in [0.25, 0.3) is 0 Å². The van der Waals surface area contributed by atoms with Gasteiger partial charge in [-0.3, -0.25) is 9.69 Å². The van der Waals surface area contributed by atoms with Gasteiger partial charge in [0.1, 0.15) is 17.5 Å². The van der Waals surface area contributed by atoms with Crippen LogP contribution in [0.1, 0.15) is 40.5 Å². The molecular weight excluding hydrogens is 542 g/mol. The van der Waals surface area contributed by atoms with Gasteiger partial charge in [0.15, 0.2) is 5.82 Å². The van der Waals surface area contributed by atoms with E-state index in [2.05, 4.69) is 15.3 Å². The predicted molar refractivity (Wildman–Crippen MR) is 160 cm³/mol. The first-order chi connectivity index (χ1) is 20.3. The Morgan fingerprint density at radius 3 is 2.21 bits per heavy atom. The number of carbonyl (C=O) groups is 3. The van der Waals surface area contributed by atoms with E-state index in [4.69, 9.17) is 9.47 Å². The summed E-state index contributed by atoms with van der Waals surface area (Å²) in [6.07, 6.45) is 3.53. The molecule has 1 aromatic heterocycles. The molecule has 2 fully saturated rings. The number of carboxylic acid groups (broad SMARTS) is 1. The van der Waals surface area contributed by atoms with E-state index in [0.717, 1.165) is 25.9 Å². The lowest BCUT2D eigenvalue weighted by molar-refractivity contribution is -0.137. The maximum Gasteiger partial charge on any atom is 0.415 e. The third-order valence-electron chi connectivity index (χ3n) is 6.96. The van der Waals surface area contributed by atoms with Crippen molar-refractivity contribution in [3.05, 3.63) is 36.5 Å². The number of urea groups is 1. The second-order valence-electron chi connectivity index (χ2n) is 9.78. The Kier molecular flexibility index (Phi) is 12.6. The normalized spacial score (nSPS) is 15.2. The number of ether oxygens (including phenoxy) is 2. The molecule has 2 saturated heterocycles. The smallest absolute Gasteiger partial charge is 0.415 e. The van der Waals surface area contributed by atoms with Crippen molar-refractivity contribution in [2.45, 2.75) is 46.6 Å². The summed E-state index contributed by atoms with van der Waals surface area (Å²) >= 11 is 0. The van der Waals surface area contributed by atoms with E-state index < -0.39 is 12.0 Å². The number of para-hydroxylation sites is 1. The number of amides is 3. The number of morpholine rings is 1. The van der Waals surface area contributed by atoms with Crippen LogP contribution in [0.3, 0.4) is 0 Å². The first kappa shape index (κ1) is 32.4. The fourth-order valence-electron chi connectivity index (χ4n) is 4.48. The number of carbonyl (C=O) groups excluding carboxylic acids is 2. The maximum atomic E-state index is 13.0. The van der Waals surface area contributed by atoms with E-state index in [9.17, 15) is 19.5 Å². The number of benzene rings is 1. The lowest BCUT2D eigenvalue weighted by atomic mass is 10.3. The summed E-state index contributed by atoms with van der Waals surface area (Å²) in [6.45, 7) is 12.9. The van der Waals surface area contributed by atoms with Gasteiger partial charge in [-0.2, -0.15) is 4.98 Å². The highest BCUT2D eigenvalue weighted by atomic mass is 16.6. The molecule has 0 saturated carbocycles. The van der Waals surface area contributed by atoms with Crippen LogP contribution >= 0.6 is 0 Å². The topological polar surface area (TPSA) is 141 Å². The predicted octanol–water partition coefficient (Wildman–Crippen LogP) is 3.77. The average molecular weight is 586 g/mol. The molecule has 1 unspecified atom stereocenters. The third kappa shape index (κ3) is 8.93. The highest BCUT2D eigenvalue weighted by Gasteiger charge is 2.27. The molecule has 42 heavy (non-hydrogen) atoms. The number of hydrogen-bond acceptors (Lipinski definition) is 9. The minimum Gasteiger partial charge on any atom is -0.480 e. The Morgan fingerprint density at radius 1 is 1.00 bits per heavy atom. The van der Waals surface area contributed by atoms with Gasteiger partial charge in [0.25, 0.3) is 0 Å². The standard InChI is InChI=1S/C18H30N6O4.C11H13NO2/c1-5-22(6-2)17-19-12-14(15(21-17)20-13(4)16(25)26)24(7-3)18(27)23-8-10-28-11-9-23;13-11(12-8-4-5-9-12)14-10-6-2-1-3-7-10/h12-13H,5-11H2,1-4H3,(H,25,26)(H,19,20,21);1-3,6-7H,4-5,8-9H2. The summed E-state index contributed by atoms with van der Waals surface area (Å²) in [5.41, 5.74) is 0.461. The van der Waals surface area contributed by atoms with Crippen molar-refractivity contribution in [1.82, 2.24) is 19.8 Å². The van der Waals surface area contributed by atoms with Gasteiger partial charge in [-0.1, -0.05) is 18.2 Å². The molecule has 0 spiro atoms. The largest absolute Gasteiger partial charge is 0.480 e. The van der Waals surface area contributed by atoms with Crippen molar-refractivity contribution in [3.8, 4) is 5.75 Å². The SMILES string of the molecule is CCN(CC)c1ncc(N(CC)C(=O)N2CCOCC2)c(NC(C)C(=O)O)n1.O=C(Oc1ccccc1)N1CCCC1. The Labute approximate surface area is 247 Å². The average Bonchev–Trinajstić information content (AvgIpc) is 3.56. The van der Waals surface area contributed by atoms with Crippen LogP contribution in [0, 0.1) is 0 Å². The molecular formula is C29H43N7O6. The summed E-state index contributed by atoms with van der Waals surface area (Å²) in [5, 5.41) is 12.2. The van der Waals surface area contributed by atoms with Gasteiger partial charge in [-0.05, 0) is 52.7 Å². The second kappa shape index (κ2) is 16.3. The fraction of sp³-hybridized carbons (Fsp3) is 0.552.